The number of piperazine rings is 1. The summed E-state index contributed by atoms with van der Waals surface area (Å²) >= 11 is 1.89. The van der Waals surface area contributed by atoms with E-state index in [0.29, 0.717) is 0 Å². The summed E-state index contributed by atoms with van der Waals surface area (Å²) in [6.07, 6.45) is 3.31. The monoisotopic (exact) mass is 508 g/mol. The molecule has 1 aliphatic rings. The van der Waals surface area contributed by atoms with Crippen LogP contribution in [0.2, 0.25) is 0 Å². The number of guanidine groups is 1. The highest BCUT2D eigenvalue weighted by Crippen LogP contribution is 2.28. The van der Waals surface area contributed by atoms with Crippen LogP contribution in [0.3, 0.4) is 0 Å². The quantitative estimate of drug-likeness (QED) is 0.252. The number of nitrogens with zero attached hydrogens (tertiary/aromatic N) is 3. The molecule has 154 valence electrons. The molecule has 0 saturated carbocycles. The van der Waals surface area contributed by atoms with E-state index in [2.05, 4.69) is 38.5 Å². The number of methoxy groups -OCH3 is 2. The second-order valence-corrected chi connectivity index (χ2v) is 7.26. The molecular formula is C19H33IN4O2S. The fraction of sp³-hybridized carbons (Fsp3) is 0.632. The van der Waals surface area contributed by atoms with Crippen LogP contribution >= 0.6 is 35.7 Å². The summed E-state index contributed by atoms with van der Waals surface area (Å²) in [5.74, 6) is 3.77. The number of hydrogen-bond acceptors (Lipinski definition) is 5. The van der Waals surface area contributed by atoms with Gasteiger partial charge >= 0.3 is 0 Å². The molecule has 0 unspecified atom stereocenters. The SMILES string of the molecule is CN=C(NCCCSC)N1CCN(Cc2ccc(OC)c(OC)c2)CC1.I. The molecule has 1 aromatic carbocycles. The Hall–Kier alpha value is -0.870. The molecule has 0 radical (unpaired) electrons. The third kappa shape index (κ3) is 7.57. The lowest BCUT2D eigenvalue weighted by Crippen LogP contribution is -2.52. The van der Waals surface area contributed by atoms with E-state index in [-0.39, 0.29) is 24.0 Å². The van der Waals surface area contributed by atoms with Crippen molar-refractivity contribution in [2.24, 2.45) is 4.99 Å². The van der Waals surface area contributed by atoms with E-state index >= 15 is 0 Å². The topological polar surface area (TPSA) is 49.3 Å². The van der Waals surface area contributed by atoms with Crippen LogP contribution in [-0.4, -0.2) is 81.8 Å². The van der Waals surface area contributed by atoms with Gasteiger partial charge in [-0.05, 0) is 36.1 Å². The van der Waals surface area contributed by atoms with E-state index < -0.39 is 0 Å². The number of thioether (sulfide) groups is 1. The molecule has 2 rings (SSSR count). The van der Waals surface area contributed by atoms with Crippen molar-refractivity contribution in [3.8, 4) is 11.5 Å². The van der Waals surface area contributed by atoms with Gasteiger partial charge in [-0.15, -0.1) is 24.0 Å². The minimum absolute atomic E-state index is 0. The molecule has 0 aromatic heterocycles. The lowest BCUT2D eigenvalue weighted by Gasteiger charge is -2.36. The maximum Gasteiger partial charge on any atom is 0.193 e. The van der Waals surface area contributed by atoms with Crippen LogP contribution in [0.4, 0.5) is 0 Å². The first kappa shape index (κ1) is 24.2. The fourth-order valence-corrected chi connectivity index (χ4v) is 3.54. The Morgan fingerprint density at radius 1 is 1.15 bits per heavy atom. The summed E-state index contributed by atoms with van der Waals surface area (Å²) in [7, 11) is 5.21. The maximum absolute atomic E-state index is 5.41. The number of ether oxygens (including phenoxy) is 2. The number of hydrogen-bond donors (Lipinski definition) is 1. The van der Waals surface area contributed by atoms with E-state index in [9.17, 15) is 0 Å². The molecule has 0 bridgehead atoms. The first-order chi connectivity index (χ1) is 12.7. The average molecular weight is 508 g/mol. The molecule has 27 heavy (non-hydrogen) atoms. The zero-order chi connectivity index (χ0) is 18.8. The van der Waals surface area contributed by atoms with Gasteiger partial charge in [0.2, 0.25) is 0 Å². The lowest BCUT2D eigenvalue weighted by atomic mass is 10.1. The van der Waals surface area contributed by atoms with Crippen molar-refractivity contribution in [1.29, 1.82) is 0 Å². The van der Waals surface area contributed by atoms with Crippen molar-refractivity contribution in [1.82, 2.24) is 15.1 Å². The van der Waals surface area contributed by atoms with Gasteiger partial charge in [-0.2, -0.15) is 11.8 Å². The average Bonchev–Trinajstić information content (AvgIpc) is 2.69. The van der Waals surface area contributed by atoms with Gasteiger partial charge < -0.3 is 19.7 Å². The Balaban J connectivity index is 0.00000364. The molecular weight excluding hydrogens is 475 g/mol. The summed E-state index contributed by atoms with van der Waals surface area (Å²) in [6.45, 7) is 5.96. The maximum atomic E-state index is 5.41. The van der Waals surface area contributed by atoms with Crippen molar-refractivity contribution in [2.75, 3.05) is 66.0 Å². The second kappa shape index (κ2) is 13.3. The molecule has 1 N–H and O–H groups in total. The van der Waals surface area contributed by atoms with Crippen molar-refractivity contribution < 1.29 is 9.47 Å². The minimum atomic E-state index is 0. The highest BCUT2D eigenvalue weighted by Gasteiger charge is 2.19. The van der Waals surface area contributed by atoms with Crippen LogP contribution in [0.25, 0.3) is 0 Å². The van der Waals surface area contributed by atoms with Crippen LogP contribution < -0.4 is 14.8 Å². The van der Waals surface area contributed by atoms with Crippen LogP contribution in [0, 0.1) is 0 Å². The number of benzene rings is 1. The Labute approximate surface area is 185 Å². The van der Waals surface area contributed by atoms with Crippen molar-refractivity contribution in [3.63, 3.8) is 0 Å². The van der Waals surface area contributed by atoms with Gasteiger partial charge in [0.25, 0.3) is 0 Å². The van der Waals surface area contributed by atoms with Gasteiger partial charge in [0.1, 0.15) is 0 Å². The molecule has 0 aliphatic carbocycles. The standard InChI is InChI=1S/C19H32N4O2S.HI/c1-20-19(21-8-5-13-26-4)23-11-9-22(10-12-23)15-16-6-7-17(24-2)18(14-16)25-3;/h6-7,14H,5,8-13,15H2,1-4H3,(H,20,21);1H. The first-order valence-corrected chi connectivity index (χ1v) is 10.5. The van der Waals surface area contributed by atoms with Gasteiger partial charge in [0.15, 0.2) is 17.5 Å². The van der Waals surface area contributed by atoms with Gasteiger partial charge in [0, 0.05) is 46.3 Å². The fourth-order valence-electron chi connectivity index (χ4n) is 3.10. The summed E-state index contributed by atoms with van der Waals surface area (Å²) < 4.78 is 10.7. The van der Waals surface area contributed by atoms with E-state index in [1.54, 1.807) is 14.2 Å². The summed E-state index contributed by atoms with van der Waals surface area (Å²) in [6, 6.07) is 6.15. The summed E-state index contributed by atoms with van der Waals surface area (Å²) in [4.78, 5) is 9.26. The molecule has 6 nitrogen and oxygen atoms in total. The molecule has 8 heteroatoms. The molecule has 0 spiro atoms. The first-order valence-electron chi connectivity index (χ1n) is 9.09. The number of halogens is 1. The summed E-state index contributed by atoms with van der Waals surface area (Å²) in [5.41, 5.74) is 1.25. The molecule has 1 saturated heterocycles. The Bertz CT molecular complexity index is 581. The largest absolute Gasteiger partial charge is 0.493 e. The van der Waals surface area contributed by atoms with Crippen molar-refractivity contribution >= 4 is 41.7 Å². The third-order valence-corrected chi connectivity index (χ3v) is 5.24. The Kier molecular flexibility index (Phi) is 11.9. The molecule has 1 heterocycles. The van der Waals surface area contributed by atoms with Gasteiger partial charge in [-0.3, -0.25) is 9.89 Å². The molecule has 1 fully saturated rings. The Morgan fingerprint density at radius 3 is 2.44 bits per heavy atom. The van der Waals surface area contributed by atoms with E-state index in [0.717, 1.165) is 56.7 Å². The van der Waals surface area contributed by atoms with E-state index in [1.165, 1.54) is 17.7 Å². The zero-order valence-corrected chi connectivity index (χ0v) is 20.0. The smallest absolute Gasteiger partial charge is 0.193 e. The highest BCUT2D eigenvalue weighted by molar-refractivity contribution is 14.0. The minimum Gasteiger partial charge on any atom is -0.493 e. The Morgan fingerprint density at radius 2 is 1.85 bits per heavy atom. The van der Waals surface area contributed by atoms with Crippen LogP contribution in [0.1, 0.15) is 12.0 Å². The highest BCUT2D eigenvalue weighted by atomic mass is 127. The van der Waals surface area contributed by atoms with Crippen molar-refractivity contribution in [2.45, 2.75) is 13.0 Å². The predicted octanol–water partition coefficient (Wildman–Crippen LogP) is 2.77. The number of rotatable bonds is 8. The van der Waals surface area contributed by atoms with Crippen LogP contribution in [0.15, 0.2) is 23.2 Å². The molecule has 0 amide bonds. The lowest BCUT2D eigenvalue weighted by molar-refractivity contribution is 0.172. The number of nitrogens with one attached hydrogen (secondary N) is 1. The molecule has 0 atom stereocenters. The molecule has 1 aliphatic heterocycles. The predicted molar refractivity (Wildman–Crippen MR) is 126 cm³/mol. The normalized spacial score (nSPS) is 15.3. The van der Waals surface area contributed by atoms with Gasteiger partial charge in [0.05, 0.1) is 14.2 Å². The second-order valence-electron chi connectivity index (χ2n) is 6.27. The van der Waals surface area contributed by atoms with E-state index in [1.807, 2.05) is 24.9 Å². The van der Waals surface area contributed by atoms with Crippen LogP contribution in [-0.2, 0) is 6.54 Å². The van der Waals surface area contributed by atoms with Crippen LogP contribution in [0.5, 0.6) is 11.5 Å². The zero-order valence-electron chi connectivity index (χ0n) is 16.9. The summed E-state index contributed by atoms with van der Waals surface area (Å²) in [5, 5.41) is 3.48. The van der Waals surface area contributed by atoms with Crippen molar-refractivity contribution in [3.05, 3.63) is 23.8 Å². The molecule has 1 aromatic rings. The van der Waals surface area contributed by atoms with Gasteiger partial charge in [-0.25, -0.2) is 0 Å². The third-order valence-electron chi connectivity index (χ3n) is 4.55. The van der Waals surface area contributed by atoms with Gasteiger partial charge in [-0.1, -0.05) is 6.07 Å². The van der Waals surface area contributed by atoms with E-state index in [4.69, 9.17) is 9.47 Å². The number of aliphatic imine (C=N–C) groups is 1.